The van der Waals surface area contributed by atoms with Crippen molar-refractivity contribution in [1.82, 2.24) is 20.6 Å². The fourth-order valence-corrected chi connectivity index (χ4v) is 1.61. The topological polar surface area (TPSA) is 194 Å². The Bertz CT molecular complexity index is 650. The van der Waals surface area contributed by atoms with E-state index in [1.165, 1.54) is 0 Å². The third-order valence-electron chi connectivity index (χ3n) is 2.59. The summed E-state index contributed by atoms with van der Waals surface area (Å²) in [6.07, 6.45) is 0.414. The van der Waals surface area contributed by atoms with Gasteiger partial charge in [0.2, 0.25) is 0 Å². The zero-order valence-electron chi connectivity index (χ0n) is 11.4. The second-order valence-corrected chi connectivity index (χ2v) is 4.35. The fraction of sp³-hybridized carbons (Fsp3) is 0.364. The molecule has 0 saturated heterocycles. The molecule has 0 aliphatic heterocycles. The highest BCUT2D eigenvalue weighted by Crippen LogP contribution is 1.99. The van der Waals surface area contributed by atoms with E-state index in [2.05, 4.69) is 15.6 Å². The maximum Gasteiger partial charge on any atom is 0.326 e. The highest BCUT2D eigenvalue weighted by atomic mass is 16.4. The van der Waals surface area contributed by atoms with Crippen molar-refractivity contribution in [2.24, 2.45) is 5.73 Å². The largest absolute Gasteiger partial charge is 0.480 e. The van der Waals surface area contributed by atoms with Crippen molar-refractivity contribution >= 4 is 17.8 Å². The number of H-pyrrole nitrogens is 2. The Morgan fingerprint density at radius 2 is 2.05 bits per heavy atom. The first-order valence-electron chi connectivity index (χ1n) is 6.25. The number of hydrogen-bond donors (Lipinski definition) is 7. The molecule has 0 saturated carbocycles. The maximum absolute atomic E-state index is 11.8. The highest BCUT2D eigenvalue weighted by molar-refractivity contribution is 5.94. The lowest BCUT2D eigenvalue weighted by atomic mass is 10.1. The number of aromatic nitrogens is 2. The Labute approximate surface area is 123 Å². The first-order chi connectivity index (χ1) is 10.3. The van der Waals surface area contributed by atoms with E-state index in [0.717, 1.165) is 6.07 Å². The van der Waals surface area contributed by atoms with Crippen LogP contribution in [0.25, 0.3) is 0 Å². The second kappa shape index (κ2) is 7.61. The van der Waals surface area contributed by atoms with Crippen molar-refractivity contribution in [3.05, 3.63) is 32.6 Å². The number of rotatable bonds is 7. The van der Waals surface area contributed by atoms with Crippen molar-refractivity contribution < 1.29 is 14.7 Å². The predicted molar refractivity (Wildman–Crippen MR) is 75.7 cm³/mol. The summed E-state index contributed by atoms with van der Waals surface area (Å²) in [7, 11) is 0. The summed E-state index contributed by atoms with van der Waals surface area (Å²) in [6.45, 7) is 0.275. The summed E-state index contributed by atoms with van der Waals surface area (Å²) in [5, 5.41) is 20.7. The number of carbonyl (C=O) groups excluding carboxylic acids is 1. The van der Waals surface area contributed by atoms with Crippen LogP contribution in [-0.2, 0) is 4.79 Å². The highest BCUT2D eigenvalue weighted by Gasteiger charge is 2.21. The molecule has 0 aliphatic carbocycles. The van der Waals surface area contributed by atoms with Crippen LogP contribution in [0.3, 0.4) is 0 Å². The summed E-state index contributed by atoms with van der Waals surface area (Å²) in [6, 6.07) is -0.350. The average Bonchev–Trinajstić information content (AvgIpc) is 2.40. The summed E-state index contributed by atoms with van der Waals surface area (Å²) in [5.74, 6) is -2.38. The fourth-order valence-electron chi connectivity index (χ4n) is 1.61. The summed E-state index contributed by atoms with van der Waals surface area (Å²) < 4.78 is 0. The van der Waals surface area contributed by atoms with Crippen LogP contribution in [0.4, 0.5) is 0 Å². The molecule has 0 radical (unpaired) electrons. The normalized spacial score (nSPS) is 11.5. The monoisotopic (exact) mass is 312 g/mol. The molecule has 120 valence electrons. The van der Waals surface area contributed by atoms with E-state index in [9.17, 15) is 19.2 Å². The van der Waals surface area contributed by atoms with E-state index in [1.807, 2.05) is 4.98 Å². The van der Waals surface area contributed by atoms with Crippen LogP contribution in [-0.4, -0.2) is 45.5 Å². The third kappa shape index (κ3) is 5.48. The molecule has 0 aromatic carbocycles. The maximum atomic E-state index is 11.8. The first-order valence-corrected chi connectivity index (χ1v) is 6.25. The predicted octanol–water partition coefficient (Wildman–Crippen LogP) is -2.49. The standard InChI is InChI=1S/C11H16N6O5/c12-10(13)14-3-1-2-5(9(20)21)15-8(19)6-4-7(18)17-11(22)16-6/h4-5H,1-3H2,(H,15,19)(H,20,21)(H4,12,13,14)(H2,16,17,18,22). The number of aromatic amines is 2. The minimum Gasteiger partial charge on any atom is -0.480 e. The van der Waals surface area contributed by atoms with Crippen molar-refractivity contribution in [2.75, 3.05) is 6.54 Å². The zero-order valence-corrected chi connectivity index (χ0v) is 11.4. The van der Waals surface area contributed by atoms with Gasteiger partial charge in [0.25, 0.3) is 11.5 Å². The Morgan fingerprint density at radius 3 is 2.59 bits per heavy atom. The van der Waals surface area contributed by atoms with Crippen LogP contribution >= 0.6 is 0 Å². The molecule has 22 heavy (non-hydrogen) atoms. The molecule has 8 N–H and O–H groups in total. The minimum absolute atomic E-state index is 0.0782. The zero-order chi connectivity index (χ0) is 16.7. The van der Waals surface area contributed by atoms with Crippen LogP contribution in [0.5, 0.6) is 0 Å². The van der Waals surface area contributed by atoms with Crippen LogP contribution in [0.1, 0.15) is 23.3 Å². The molecule has 0 aliphatic rings. The molecule has 1 aromatic heterocycles. The van der Waals surface area contributed by atoms with Gasteiger partial charge in [-0.25, -0.2) is 9.59 Å². The number of carboxylic acids is 1. The quantitative estimate of drug-likeness (QED) is 0.164. The first kappa shape index (κ1) is 16.9. The van der Waals surface area contributed by atoms with Gasteiger partial charge in [-0.15, -0.1) is 0 Å². The van der Waals surface area contributed by atoms with Gasteiger partial charge >= 0.3 is 11.7 Å². The summed E-state index contributed by atoms with van der Waals surface area (Å²) in [4.78, 5) is 49.1. The van der Waals surface area contributed by atoms with Gasteiger partial charge in [-0.2, -0.15) is 0 Å². The number of nitrogens with two attached hydrogens (primary N) is 1. The van der Waals surface area contributed by atoms with E-state index in [4.69, 9.17) is 16.2 Å². The van der Waals surface area contributed by atoms with E-state index in [0.29, 0.717) is 6.42 Å². The number of guanidine groups is 1. The van der Waals surface area contributed by atoms with Gasteiger partial charge in [0.15, 0.2) is 5.96 Å². The van der Waals surface area contributed by atoms with Crippen LogP contribution in [0.2, 0.25) is 0 Å². The molecule has 1 atom stereocenters. The Hall–Kier alpha value is -3.11. The van der Waals surface area contributed by atoms with E-state index in [-0.39, 0.29) is 24.6 Å². The molecule has 1 unspecified atom stereocenters. The van der Waals surface area contributed by atoms with Crippen molar-refractivity contribution in [3.8, 4) is 0 Å². The van der Waals surface area contributed by atoms with Crippen molar-refractivity contribution in [1.29, 1.82) is 5.41 Å². The number of amides is 1. The lowest BCUT2D eigenvalue weighted by Gasteiger charge is -2.14. The third-order valence-corrected chi connectivity index (χ3v) is 2.59. The van der Waals surface area contributed by atoms with Crippen LogP contribution < -0.4 is 27.6 Å². The Morgan fingerprint density at radius 1 is 1.36 bits per heavy atom. The SMILES string of the molecule is N=C(N)NCCCC(NC(=O)c1cc(=O)[nH]c(=O)[nH]1)C(=O)O. The van der Waals surface area contributed by atoms with E-state index >= 15 is 0 Å². The second-order valence-electron chi connectivity index (χ2n) is 4.35. The smallest absolute Gasteiger partial charge is 0.326 e. The van der Waals surface area contributed by atoms with Gasteiger partial charge in [0.1, 0.15) is 11.7 Å². The lowest BCUT2D eigenvalue weighted by Crippen LogP contribution is -2.42. The number of carbonyl (C=O) groups is 2. The molecule has 1 heterocycles. The molecular weight excluding hydrogens is 296 g/mol. The minimum atomic E-state index is -1.26. The Kier molecular flexibility index (Phi) is 5.86. The average molecular weight is 312 g/mol. The van der Waals surface area contributed by atoms with Crippen molar-refractivity contribution in [2.45, 2.75) is 18.9 Å². The molecule has 1 rings (SSSR count). The lowest BCUT2D eigenvalue weighted by molar-refractivity contribution is -0.139. The summed E-state index contributed by atoms with van der Waals surface area (Å²) in [5.41, 5.74) is 3.11. The Balaban J connectivity index is 2.68. The molecule has 0 bridgehead atoms. The molecule has 0 spiro atoms. The number of carboxylic acid groups (broad SMARTS) is 1. The molecular formula is C11H16N6O5. The van der Waals surface area contributed by atoms with E-state index < -0.39 is 29.2 Å². The number of nitrogens with one attached hydrogen (secondary N) is 5. The molecule has 0 fully saturated rings. The molecule has 1 amide bonds. The van der Waals surface area contributed by atoms with Crippen LogP contribution in [0.15, 0.2) is 15.7 Å². The van der Waals surface area contributed by atoms with Gasteiger partial charge in [-0.1, -0.05) is 0 Å². The van der Waals surface area contributed by atoms with Gasteiger partial charge in [0, 0.05) is 12.6 Å². The number of aliphatic carboxylic acids is 1. The molecule has 11 heteroatoms. The van der Waals surface area contributed by atoms with Gasteiger partial charge in [0.05, 0.1) is 0 Å². The molecule has 1 aromatic rings. The van der Waals surface area contributed by atoms with Crippen LogP contribution in [0, 0.1) is 5.41 Å². The van der Waals surface area contributed by atoms with Crippen molar-refractivity contribution in [3.63, 3.8) is 0 Å². The summed E-state index contributed by atoms with van der Waals surface area (Å²) >= 11 is 0. The van der Waals surface area contributed by atoms with Gasteiger partial charge < -0.3 is 26.5 Å². The van der Waals surface area contributed by atoms with E-state index in [1.54, 1.807) is 0 Å². The number of hydrogen-bond acceptors (Lipinski definition) is 5. The van der Waals surface area contributed by atoms with Gasteiger partial charge in [-0.3, -0.25) is 20.0 Å². The molecule has 11 nitrogen and oxygen atoms in total. The van der Waals surface area contributed by atoms with Gasteiger partial charge in [-0.05, 0) is 12.8 Å².